The third-order valence-electron chi connectivity index (χ3n) is 4.39. The van der Waals surface area contributed by atoms with Gasteiger partial charge in [0, 0.05) is 11.4 Å². The Morgan fingerprint density at radius 1 is 0.750 bits per heavy atom. The van der Waals surface area contributed by atoms with Crippen LogP contribution in [-0.4, -0.2) is 5.71 Å². The molecule has 0 saturated carbocycles. The fraction of sp³-hybridized carbons (Fsp3) is 0.269. The van der Waals surface area contributed by atoms with E-state index in [9.17, 15) is 0 Å². The van der Waals surface area contributed by atoms with Crippen molar-refractivity contribution in [2.24, 2.45) is 4.99 Å². The molecule has 0 saturated heterocycles. The molecule has 0 aliphatic heterocycles. The number of hydrogen-bond donors (Lipinski definition) is 1. The Morgan fingerprint density at radius 2 is 1.25 bits per heavy atom. The van der Waals surface area contributed by atoms with Gasteiger partial charge in [-0.1, -0.05) is 42.5 Å². The number of nitrogen functional groups attached to an aromatic ring is 1. The molecule has 146 valence electrons. The summed E-state index contributed by atoms with van der Waals surface area (Å²) in [6.45, 7) is 10.4. The van der Waals surface area contributed by atoms with Crippen molar-refractivity contribution in [3.8, 4) is 0 Å². The molecular formula is C26H32N2. The molecule has 0 heterocycles. The minimum atomic E-state index is 0.854. The van der Waals surface area contributed by atoms with E-state index in [0.717, 1.165) is 24.2 Å². The maximum Gasteiger partial charge on any atom is 0.0634 e. The summed E-state index contributed by atoms with van der Waals surface area (Å²) in [5, 5.41) is 0. The maximum atomic E-state index is 5.56. The summed E-state index contributed by atoms with van der Waals surface area (Å²) in [5.41, 5.74) is 15.1. The van der Waals surface area contributed by atoms with Crippen molar-refractivity contribution in [3.63, 3.8) is 0 Å². The fourth-order valence-electron chi connectivity index (χ4n) is 3.27. The van der Waals surface area contributed by atoms with Gasteiger partial charge < -0.3 is 5.73 Å². The molecule has 0 unspecified atom stereocenters. The number of rotatable bonds is 4. The molecule has 0 spiro atoms. The summed E-state index contributed by atoms with van der Waals surface area (Å²) in [6.07, 6.45) is 2.07. The van der Waals surface area contributed by atoms with E-state index in [1.807, 2.05) is 26.0 Å². The van der Waals surface area contributed by atoms with Gasteiger partial charge in [-0.2, -0.15) is 0 Å². The monoisotopic (exact) mass is 372 g/mol. The van der Waals surface area contributed by atoms with Crippen LogP contribution in [0.3, 0.4) is 0 Å². The van der Waals surface area contributed by atoms with Gasteiger partial charge in [0.15, 0.2) is 0 Å². The predicted molar refractivity (Wildman–Crippen MR) is 124 cm³/mol. The lowest BCUT2D eigenvalue weighted by Crippen LogP contribution is -1.94. The molecule has 2 heteroatoms. The highest BCUT2D eigenvalue weighted by Crippen LogP contribution is 2.18. The molecule has 28 heavy (non-hydrogen) atoms. The molecule has 2 nitrogen and oxygen atoms in total. The average molecular weight is 373 g/mol. The highest BCUT2D eigenvalue weighted by molar-refractivity contribution is 5.84. The van der Waals surface area contributed by atoms with Crippen LogP contribution in [0.1, 0.15) is 41.2 Å². The van der Waals surface area contributed by atoms with Crippen LogP contribution in [0.4, 0.5) is 11.4 Å². The molecule has 2 N–H and O–H groups in total. The molecule has 0 bridgehead atoms. The van der Waals surface area contributed by atoms with Gasteiger partial charge in [-0.15, -0.1) is 0 Å². The van der Waals surface area contributed by atoms with E-state index in [4.69, 9.17) is 10.7 Å². The largest absolute Gasteiger partial charge is 0.399 e. The first-order chi connectivity index (χ1) is 13.3. The molecule has 3 rings (SSSR count). The van der Waals surface area contributed by atoms with Crippen LogP contribution in [-0.2, 0) is 6.42 Å². The summed E-state index contributed by atoms with van der Waals surface area (Å²) in [5.74, 6) is 0. The lowest BCUT2D eigenvalue weighted by Gasteiger charge is -2.04. The van der Waals surface area contributed by atoms with E-state index < -0.39 is 0 Å². The molecule has 0 aliphatic rings. The van der Waals surface area contributed by atoms with Crippen LogP contribution < -0.4 is 5.73 Å². The minimum absolute atomic E-state index is 0.854. The van der Waals surface area contributed by atoms with Crippen molar-refractivity contribution >= 4 is 17.1 Å². The lowest BCUT2D eigenvalue weighted by atomic mass is 10.1. The Kier molecular flexibility index (Phi) is 8.01. The molecular weight excluding hydrogens is 340 g/mol. The Bertz CT molecular complexity index is 854. The molecule has 0 aliphatic carbocycles. The molecule has 3 aromatic carbocycles. The second-order valence-corrected chi connectivity index (χ2v) is 7.60. The van der Waals surface area contributed by atoms with E-state index in [1.165, 1.54) is 33.5 Å². The summed E-state index contributed by atoms with van der Waals surface area (Å²) in [4.78, 5) is 4.71. The SMILES string of the molecule is CC(CCc1ccccc1)=Nc1cc(C)cc(C)c1.Cc1cc(C)cc(N)c1. The zero-order valence-electron chi connectivity index (χ0n) is 17.8. The van der Waals surface area contributed by atoms with Crippen molar-refractivity contribution in [2.75, 3.05) is 5.73 Å². The molecule has 0 aromatic heterocycles. The Labute approximate surface area is 170 Å². The van der Waals surface area contributed by atoms with Crippen LogP contribution >= 0.6 is 0 Å². The van der Waals surface area contributed by atoms with Gasteiger partial charge in [-0.25, -0.2) is 0 Å². The summed E-state index contributed by atoms with van der Waals surface area (Å²) >= 11 is 0. The molecule has 0 fully saturated rings. The van der Waals surface area contributed by atoms with Gasteiger partial charge >= 0.3 is 0 Å². The van der Waals surface area contributed by atoms with Crippen molar-refractivity contribution < 1.29 is 0 Å². The highest BCUT2D eigenvalue weighted by Gasteiger charge is 1.98. The second-order valence-electron chi connectivity index (χ2n) is 7.60. The lowest BCUT2D eigenvalue weighted by molar-refractivity contribution is 1.03. The van der Waals surface area contributed by atoms with Crippen molar-refractivity contribution in [1.82, 2.24) is 0 Å². The average Bonchev–Trinajstić information content (AvgIpc) is 2.59. The molecule has 0 radical (unpaired) electrons. The Balaban J connectivity index is 0.000000261. The summed E-state index contributed by atoms with van der Waals surface area (Å²) in [7, 11) is 0. The van der Waals surface area contributed by atoms with Crippen LogP contribution in [0.15, 0.2) is 71.7 Å². The van der Waals surface area contributed by atoms with E-state index >= 15 is 0 Å². The van der Waals surface area contributed by atoms with E-state index in [1.54, 1.807) is 0 Å². The second kappa shape index (κ2) is 10.5. The molecule has 3 aromatic rings. The van der Waals surface area contributed by atoms with Crippen molar-refractivity contribution in [3.05, 3.63) is 94.5 Å². The number of nitrogens with zero attached hydrogens (tertiary/aromatic N) is 1. The number of nitrogens with two attached hydrogens (primary N) is 1. The molecule has 0 amide bonds. The fourth-order valence-corrected chi connectivity index (χ4v) is 3.27. The zero-order valence-corrected chi connectivity index (χ0v) is 17.8. The number of aliphatic imine (C=N–C) groups is 1. The van der Waals surface area contributed by atoms with Gasteiger partial charge in [0.05, 0.1) is 5.69 Å². The van der Waals surface area contributed by atoms with Crippen LogP contribution in [0.5, 0.6) is 0 Å². The van der Waals surface area contributed by atoms with E-state index in [-0.39, 0.29) is 0 Å². The number of anilines is 1. The zero-order chi connectivity index (χ0) is 20.5. The third-order valence-corrected chi connectivity index (χ3v) is 4.39. The van der Waals surface area contributed by atoms with Crippen molar-refractivity contribution in [2.45, 2.75) is 47.5 Å². The van der Waals surface area contributed by atoms with Gasteiger partial charge in [-0.05, 0) is 99.5 Å². The summed E-state index contributed by atoms with van der Waals surface area (Å²) < 4.78 is 0. The third kappa shape index (κ3) is 7.79. The number of benzene rings is 3. The normalized spacial score (nSPS) is 11.0. The molecule has 0 atom stereocenters. The van der Waals surface area contributed by atoms with Gasteiger partial charge in [0.25, 0.3) is 0 Å². The topological polar surface area (TPSA) is 38.4 Å². The van der Waals surface area contributed by atoms with E-state index in [0.29, 0.717) is 0 Å². The standard InChI is InChI=1S/C18H21N.C8H11N/c1-14-11-15(2)13-18(12-14)19-16(3)9-10-17-7-5-4-6-8-17;1-6-3-7(2)5-8(9)4-6/h4-8,11-13H,9-10H2,1-3H3;3-5H,9H2,1-2H3. The quantitative estimate of drug-likeness (QED) is 0.392. The van der Waals surface area contributed by atoms with Crippen LogP contribution in [0, 0.1) is 27.7 Å². The number of aryl methyl sites for hydroxylation is 5. The first kappa shape index (κ1) is 21.4. The smallest absolute Gasteiger partial charge is 0.0634 e. The first-order valence-corrected chi connectivity index (χ1v) is 9.82. The summed E-state index contributed by atoms with van der Waals surface area (Å²) in [6, 6.07) is 23.1. The van der Waals surface area contributed by atoms with Gasteiger partial charge in [-0.3, -0.25) is 4.99 Å². The highest BCUT2D eigenvalue weighted by atomic mass is 14.7. The van der Waals surface area contributed by atoms with Crippen molar-refractivity contribution in [1.29, 1.82) is 0 Å². The predicted octanol–water partition coefficient (Wildman–Crippen LogP) is 6.91. The van der Waals surface area contributed by atoms with E-state index in [2.05, 4.69) is 75.4 Å². The maximum absolute atomic E-state index is 5.56. The number of hydrogen-bond acceptors (Lipinski definition) is 2. The van der Waals surface area contributed by atoms with Crippen LogP contribution in [0.25, 0.3) is 0 Å². The Hall–Kier alpha value is -2.87. The van der Waals surface area contributed by atoms with Gasteiger partial charge in [0.2, 0.25) is 0 Å². The van der Waals surface area contributed by atoms with Crippen LogP contribution in [0.2, 0.25) is 0 Å². The Morgan fingerprint density at radius 3 is 1.75 bits per heavy atom. The first-order valence-electron chi connectivity index (χ1n) is 9.82. The van der Waals surface area contributed by atoms with Gasteiger partial charge in [0.1, 0.15) is 0 Å². The minimum Gasteiger partial charge on any atom is -0.399 e.